The van der Waals surface area contributed by atoms with Crippen molar-refractivity contribution in [3.05, 3.63) is 57.9 Å². The number of imidazole rings is 1. The Balaban J connectivity index is 2.09. The van der Waals surface area contributed by atoms with Crippen molar-refractivity contribution in [2.75, 3.05) is 0 Å². The van der Waals surface area contributed by atoms with Crippen molar-refractivity contribution in [2.24, 2.45) is 7.05 Å². The lowest BCUT2D eigenvalue weighted by atomic mass is 10.1. The predicted molar refractivity (Wildman–Crippen MR) is 98.0 cm³/mol. The van der Waals surface area contributed by atoms with Crippen LogP contribution in [0.2, 0.25) is 0 Å². The van der Waals surface area contributed by atoms with E-state index in [1.807, 2.05) is 42.8 Å². The molecule has 0 amide bonds. The van der Waals surface area contributed by atoms with E-state index in [2.05, 4.69) is 4.98 Å². The normalized spacial score (nSPS) is 11.5. The zero-order chi connectivity index (χ0) is 17.7. The Morgan fingerprint density at radius 1 is 1.24 bits per heavy atom. The van der Waals surface area contributed by atoms with E-state index in [-0.39, 0.29) is 11.2 Å². The van der Waals surface area contributed by atoms with Crippen LogP contribution in [-0.2, 0) is 13.5 Å². The molecule has 5 heteroatoms. The van der Waals surface area contributed by atoms with Crippen LogP contribution in [-0.4, -0.2) is 14.7 Å². The molecule has 0 saturated carbocycles. The molecule has 126 valence electrons. The zero-order valence-electron chi connectivity index (χ0n) is 14.3. The van der Waals surface area contributed by atoms with Gasteiger partial charge in [0.25, 0.3) is 0 Å². The minimum Gasteiger partial charge on any atom is -0.508 e. The number of para-hydroxylation sites is 2. The number of benzene rings is 2. The lowest BCUT2D eigenvalue weighted by Gasteiger charge is -2.09. The van der Waals surface area contributed by atoms with Gasteiger partial charge in [0.1, 0.15) is 28.5 Å². The minimum absolute atomic E-state index is 0.133. The molecule has 5 nitrogen and oxygen atoms in total. The fourth-order valence-electron chi connectivity index (χ4n) is 3.30. The fraction of sp³-hybridized carbons (Fsp3) is 0.200. The van der Waals surface area contributed by atoms with Crippen molar-refractivity contribution < 1.29 is 9.52 Å². The van der Waals surface area contributed by atoms with Gasteiger partial charge in [-0.3, -0.25) is 4.79 Å². The van der Waals surface area contributed by atoms with Gasteiger partial charge in [0.15, 0.2) is 0 Å². The zero-order valence-corrected chi connectivity index (χ0v) is 14.3. The molecular weight excluding hydrogens is 316 g/mol. The van der Waals surface area contributed by atoms with Crippen LogP contribution in [0, 0.1) is 6.92 Å². The highest BCUT2D eigenvalue weighted by Gasteiger charge is 2.20. The number of phenols is 1. The van der Waals surface area contributed by atoms with Crippen molar-refractivity contribution in [1.29, 1.82) is 0 Å². The molecule has 0 aliphatic heterocycles. The molecule has 25 heavy (non-hydrogen) atoms. The second-order valence-corrected chi connectivity index (χ2v) is 6.18. The topological polar surface area (TPSA) is 68.3 Å². The van der Waals surface area contributed by atoms with Gasteiger partial charge >= 0.3 is 0 Å². The van der Waals surface area contributed by atoms with Crippen LogP contribution in [0.4, 0.5) is 0 Å². The number of hydrogen-bond donors (Lipinski definition) is 1. The van der Waals surface area contributed by atoms with E-state index in [4.69, 9.17) is 4.42 Å². The van der Waals surface area contributed by atoms with Crippen LogP contribution in [0.5, 0.6) is 5.75 Å². The third kappa shape index (κ3) is 2.23. The Bertz CT molecular complexity index is 1190. The highest BCUT2D eigenvalue weighted by Crippen LogP contribution is 2.29. The van der Waals surface area contributed by atoms with E-state index in [1.165, 1.54) is 6.07 Å². The number of phenolic OH excluding ortho intramolecular Hbond substituents is 1. The van der Waals surface area contributed by atoms with E-state index in [9.17, 15) is 9.90 Å². The number of nitrogens with zero attached hydrogens (tertiary/aromatic N) is 2. The van der Waals surface area contributed by atoms with Crippen LogP contribution >= 0.6 is 0 Å². The summed E-state index contributed by atoms with van der Waals surface area (Å²) in [4.78, 5) is 17.8. The van der Waals surface area contributed by atoms with Crippen molar-refractivity contribution >= 4 is 22.0 Å². The summed E-state index contributed by atoms with van der Waals surface area (Å²) in [7, 11) is 1.89. The van der Waals surface area contributed by atoms with Crippen LogP contribution in [0.3, 0.4) is 0 Å². The lowest BCUT2D eigenvalue weighted by Crippen LogP contribution is -2.11. The fourth-order valence-corrected chi connectivity index (χ4v) is 3.30. The lowest BCUT2D eigenvalue weighted by molar-refractivity contribution is 0.467. The molecule has 4 rings (SSSR count). The molecule has 0 aliphatic rings. The van der Waals surface area contributed by atoms with Crippen LogP contribution in [0.25, 0.3) is 33.4 Å². The van der Waals surface area contributed by atoms with E-state index >= 15 is 0 Å². The van der Waals surface area contributed by atoms with E-state index in [0.717, 1.165) is 16.6 Å². The maximum absolute atomic E-state index is 13.2. The molecule has 1 N–H and O–H groups in total. The third-order valence-corrected chi connectivity index (χ3v) is 4.66. The first-order valence-electron chi connectivity index (χ1n) is 8.22. The van der Waals surface area contributed by atoms with Crippen molar-refractivity contribution in [2.45, 2.75) is 20.3 Å². The van der Waals surface area contributed by atoms with Gasteiger partial charge in [0.2, 0.25) is 5.43 Å². The van der Waals surface area contributed by atoms with Crippen LogP contribution in [0.15, 0.2) is 45.6 Å². The van der Waals surface area contributed by atoms with Gasteiger partial charge in [0, 0.05) is 13.1 Å². The Labute approximate surface area is 144 Å². The number of aromatic hydroxyl groups is 1. The molecule has 0 fully saturated rings. The largest absolute Gasteiger partial charge is 0.508 e. The SMILES string of the molecule is CCc1cc2c(=O)c(-c3nc4ccccc4n3C)c(C)oc2cc1O. The third-order valence-electron chi connectivity index (χ3n) is 4.66. The Morgan fingerprint density at radius 3 is 2.72 bits per heavy atom. The highest BCUT2D eigenvalue weighted by molar-refractivity contribution is 5.86. The van der Waals surface area contributed by atoms with Crippen molar-refractivity contribution in [3.63, 3.8) is 0 Å². The first kappa shape index (κ1) is 15.4. The minimum atomic E-state index is -0.133. The number of aryl methyl sites for hydroxylation is 3. The predicted octanol–water partition coefficient (Wildman–Crippen LogP) is 3.92. The summed E-state index contributed by atoms with van der Waals surface area (Å²) in [6.07, 6.45) is 0.636. The summed E-state index contributed by atoms with van der Waals surface area (Å²) in [5, 5.41) is 10.5. The molecule has 0 aliphatic carbocycles. The second kappa shape index (κ2) is 5.48. The van der Waals surface area contributed by atoms with Crippen LogP contribution in [0.1, 0.15) is 18.2 Å². The van der Waals surface area contributed by atoms with Gasteiger partial charge in [-0.05, 0) is 37.1 Å². The quantitative estimate of drug-likeness (QED) is 0.603. The molecule has 2 heterocycles. The van der Waals surface area contributed by atoms with E-state index in [1.54, 1.807) is 13.0 Å². The highest BCUT2D eigenvalue weighted by atomic mass is 16.3. The molecule has 0 atom stereocenters. The Kier molecular flexibility index (Phi) is 3.39. The monoisotopic (exact) mass is 334 g/mol. The molecule has 0 bridgehead atoms. The van der Waals surface area contributed by atoms with E-state index < -0.39 is 0 Å². The number of fused-ring (bicyclic) bond motifs is 2. The summed E-state index contributed by atoms with van der Waals surface area (Å²) < 4.78 is 7.75. The summed E-state index contributed by atoms with van der Waals surface area (Å²) in [5.41, 5.74) is 3.22. The maximum Gasteiger partial charge on any atom is 0.203 e. The summed E-state index contributed by atoms with van der Waals surface area (Å²) in [5.74, 6) is 1.22. The molecular formula is C20H18N2O3. The van der Waals surface area contributed by atoms with Gasteiger partial charge in [-0.2, -0.15) is 0 Å². The molecule has 2 aromatic heterocycles. The molecule has 4 aromatic rings. The molecule has 2 aromatic carbocycles. The average molecular weight is 334 g/mol. The Morgan fingerprint density at radius 2 is 2.00 bits per heavy atom. The first-order valence-corrected chi connectivity index (χ1v) is 8.22. The van der Waals surface area contributed by atoms with Crippen molar-refractivity contribution in [3.8, 4) is 17.1 Å². The molecule has 0 radical (unpaired) electrons. The van der Waals surface area contributed by atoms with Crippen LogP contribution < -0.4 is 5.43 Å². The molecule has 0 saturated heterocycles. The summed E-state index contributed by atoms with van der Waals surface area (Å²) in [6.45, 7) is 3.68. The van der Waals surface area contributed by atoms with Gasteiger partial charge in [-0.15, -0.1) is 0 Å². The molecule has 0 unspecified atom stereocenters. The first-order chi connectivity index (χ1) is 12.0. The van der Waals surface area contributed by atoms with Gasteiger partial charge in [-0.1, -0.05) is 19.1 Å². The number of aromatic nitrogens is 2. The van der Waals surface area contributed by atoms with Gasteiger partial charge in [-0.25, -0.2) is 4.98 Å². The maximum atomic E-state index is 13.2. The second-order valence-electron chi connectivity index (χ2n) is 6.18. The molecule has 0 spiro atoms. The smallest absolute Gasteiger partial charge is 0.203 e. The van der Waals surface area contributed by atoms with Crippen molar-refractivity contribution in [1.82, 2.24) is 9.55 Å². The van der Waals surface area contributed by atoms with E-state index in [0.29, 0.717) is 34.5 Å². The van der Waals surface area contributed by atoms with Gasteiger partial charge < -0.3 is 14.1 Å². The summed E-state index contributed by atoms with van der Waals surface area (Å²) in [6, 6.07) is 11.0. The standard InChI is InChI=1S/C20H18N2O3/c1-4-12-9-13-17(10-16(12)23)25-11(2)18(19(13)24)20-21-14-7-5-6-8-15(14)22(20)3/h5-10,23H,4H2,1-3H3. The number of rotatable bonds is 2. The average Bonchev–Trinajstić information content (AvgIpc) is 2.91. The number of hydrogen-bond acceptors (Lipinski definition) is 4. The summed E-state index contributed by atoms with van der Waals surface area (Å²) >= 11 is 0. The van der Waals surface area contributed by atoms with Gasteiger partial charge in [0.05, 0.1) is 16.4 Å². The Hall–Kier alpha value is -3.08.